The predicted molar refractivity (Wildman–Crippen MR) is 135 cm³/mol. The molecule has 5 rings (SSSR count). The van der Waals surface area contributed by atoms with E-state index >= 15 is 0 Å². The molecular weight excluding hydrogens is 456 g/mol. The summed E-state index contributed by atoms with van der Waals surface area (Å²) in [7, 11) is 0. The van der Waals surface area contributed by atoms with Crippen LogP contribution in [0.25, 0.3) is 16.5 Å². The summed E-state index contributed by atoms with van der Waals surface area (Å²) in [5.41, 5.74) is 1.11. The highest BCUT2D eigenvalue weighted by molar-refractivity contribution is 8.14. The van der Waals surface area contributed by atoms with Gasteiger partial charge >= 0.3 is 0 Å². The monoisotopic (exact) mass is 474 g/mol. The van der Waals surface area contributed by atoms with Gasteiger partial charge < -0.3 is 0 Å². The number of nitrogens with zero attached hydrogens (tertiary/aromatic N) is 4. The molecule has 2 heterocycles. The Morgan fingerprint density at radius 1 is 1.00 bits per heavy atom. The van der Waals surface area contributed by atoms with Gasteiger partial charge in [0.25, 0.3) is 11.5 Å². The summed E-state index contributed by atoms with van der Waals surface area (Å²) in [4.78, 5) is 33.5. The third kappa shape index (κ3) is 4.05. The third-order valence-electron chi connectivity index (χ3n) is 5.27. The van der Waals surface area contributed by atoms with Crippen molar-refractivity contribution in [1.82, 2.24) is 9.78 Å². The molecule has 6 nitrogen and oxygen atoms in total. The highest BCUT2D eigenvalue weighted by Crippen LogP contribution is 2.29. The largest absolute Gasteiger partial charge is 0.285 e. The summed E-state index contributed by atoms with van der Waals surface area (Å²) in [6.07, 6.45) is 0. The van der Waals surface area contributed by atoms with Crippen LogP contribution >= 0.6 is 23.4 Å². The molecule has 1 aliphatic heterocycles. The van der Waals surface area contributed by atoms with Crippen LogP contribution in [-0.2, 0) is 0 Å². The normalized spacial score (nSPS) is 15.5. The smallest absolute Gasteiger partial charge is 0.267 e. The molecule has 0 bridgehead atoms. The lowest BCUT2D eigenvalue weighted by molar-refractivity contribution is 0.0998. The van der Waals surface area contributed by atoms with Crippen LogP contribution in [0.15, 0.2) is 88.6 Å². The van der Waals surface area contributed by atoms with Crippen molar-refractivity contribution in [3.05, 3.63) is 99.9 Å². The molecule has 3 aromatic carbocycles. The fourth-order valence-corrected chi connectivity index (χ4v) is 4.85. The number of benzene rings is 3. The minimum atomic E-state index is -0.362. The van der Waals surface area contributed by atoms with Crippen molar-refractivity contribution >= 4 is 50.9 Å². The van der Waals surface area contributed by atoms with E-state index in [1.54, 1.807) is 65.6 Å². The number of aliphatic imine (C=N–C) groups is 1. The molecule has 1 aromatic heterocycles. The number of amides is 1. The Morgan fingerprint density at radius 2 is 1.67 bits per heavy atom. The van der Waals surface area contributed by atoms with Gasteiger partial charge in [0.2, 0.25) is 0 Å². The van der Waals surface area contributed by atoms with Crippen molar-refractivity contribution in [1.29, 1.82) is 0 Å². The van der Waals surface area contributed by atoms with Crippen LogP contribution in [0, 0.1) is 0 Å². The van der Waals surface area contributed by atoms with Crippen LogP contribution in [-0.4, -0.2) is 32.7 Å². The Bertz CT molecular complexity index is 1430. The van der Waals surface area contributed by atoms with Crippen molar-refractivity contribution in [3.63, 3.8) is 0 Å². The van der Waals surface area contributed by atoms with Gasteiger partial charge in [-0.2, -0.15) is 9.78 Å². The molecule has 0 spiro atoms. The van der Waals surface area contributed by atoms with Gasteiger partial charge in [0.05, 0.1) is 22.8 Å². The van der Waals surface area contributed by atoms with Gasteiger partial charge in [-0.15, -0.1) is 0 Å². The zero-order valence-electron chi connectivity index (χ0n) is 17.7. The lowest BCUT2D eigenvalue weighted by atomic mass is 10.1. The molecule has 8 heteroatoms. The zero-order chi connectivity index (χ0) is 22.9. The summed E-state index contributed by atoms with van der Waals surface area (Å²) >= 11 is 7.61. The molecule has 0 saturated heterocycles. The molecule has 0 unspecified atom stereocenters. The van der Waals surface area contributed by atoms with Gasteiger partial charge in [-0.1, -0.05) is 59.8 Å². The number of hydrogen-bond donors (Lipinski definition) is 0. The number of carbonyl (C=O) groups excluding carboxylic acids is 1. The van der Waals surface area contributed by atoms with Crippen molar-refractivity contribution in [2.45, 2.75) is 13.0 Å². The fraction of sp³-hybridized carbons (Fsp3) is 0.120. The van der Waals surface area contributed by atoms with Gasteiger partial charge in [-0.25, -0.2) is 0 Å². The van der Waals surface area contributed by atoms with Crippen LogP contribution in [0.5, 0.6) is 0 Å². The van der Waals surface area contributed by atoms with E-state index in [-0.39, 0.29) is 23.2 Å². The second-order valence-corrected chi connectivity index (χ2v) is 9.06. The number of thioether (sulfide) groups is 1. The van der Waals surface area contributed by atoms with Crippen molar-refractivity contribution in [3.8, 4) is 5.69 Å². The number of anilines is 1. The number of fused-ring (bicyclic) bond motifs is 1. The second kappa shape index (κ2) is 8.84. The first-order chi connectivity index (χ1) is 16.0. The first kappa shape index (κ1) is 21.4. The molecule has 0 radical (unpaired) electrons. The molecule has 33 heavy (non-hydrogen) atoms. The van der Waals surface area contributed by atoms with E-state index in [4.69, 9.17) is 11.6 Å². The molecule has 1 atom stereocenters. The van der Waals surface area contributed by atoms with Crippen LogP contribution in [0.4, 0.5) is 5.69 Å². The Hall–Kier alpha value is -3.42. The fourth-order valence-electron chi connectivity index (χ4n) is 3.68. The summed E-state index contributed by atoms with van der Waals surface area (Å²) in [5, 5.41) is 6.63. The van der Waals surface area contributed by atoms with Crippen molar-refractivity contribution in [2.24, 2.45) is 4.99 Å². The van der Waals surface area contributed by atoms with Gasteiger partial charge in [-0.05, 0) is 49.4 Å². The highest BCUT2D eigenvalue weighted by atomic mass is 35.5. The predicted octanol–water partition coefficient (Wildman–Crippen LogP) is 5.18. The van der Waals surface area contributed by atoms with E-state index in [0.717, 1.165) is 5.75 Å². The summed E-state index contributed by atoms with van der Waals surface area (Å²) in [6, 6.07) is 23.2. The van der Waals surface area contributed by atoms with Crippen LogP contribution in [0.2, 0.25) is 5.02 Å². The Kier molecular flexibility index (Phi) is 5.74. The number of carbonyl (C=O) groups is 1. The molecule has 1 aliphatic rings. The molecule has 0 saturated carbocycles. The number of amidine groups is 1. The SMILES string of the molecule is C[C@H]1CSC(N(C(=O)c2nn(-c3ccccc3)c(=O)c3ccccc23)c2ccc(Cl)cc2)=N1. The maximum absolute atomic E-state index is 14.1. The average Bonchev–Trinajstić information content (AvgIpc) is 3.27. The molecule has 0 N–H and O–H groups in total. The molecule has 164 valence electrons. The highest BCUT2D eigenvalue weighted by Gasteiger charge is 2.30. The number of hydrogen-bond acceptors (Lipinski definition) is 5. The standard InChI is InChI=1S/C25H19ClN4O2S/c1-16-15-33-25(27-16)29(18-13-11-17(26)12-14-18)24(32)22-20-9-5-6-10-21(20)23(31)30(28-22)19-7-3-2-4-8-19/h2-14,16H,15H2,1H3/t16-/m0/s1. The molecule has 4 aromatic rings. The van der Waals surface area contributed by atoms with Crippen LogP contribution in [0.1, 0.15) is 17.4 Å². The molecule has 1 amide bonds. The number of para-hydroxylation sites is 1. The zero-order valence-corrected chi connectivity index (χ0v) is 19.3. The molecular formula is C25H19ClN4O2S. The van der Waals surface area contributed by atoms with Crippen LogP contribution < -0.4 is 10.5 Å². The van der Waals surface area contributed by atoms with E-state index in [1.165, 1.54) is 16.4 Å². The van der Waals surface area contributed by atoms with E-state index in [2.05, 4.69) is 10.1 Å². The van der Waals surface area contributed by atoms with E-state index < -0.39 is 0 Å². The maximum Gasteiger partial charge on any atom is 0.285 e. The summed E-state index contributed by atoms with van der Waals surface area (Å²) in [5.74, 6) is 0.420. The van der Waals surface area contributed by atoms with E-state index in [9.17, 15) is 9.59 Å². The first-order valence-corrected chi connectivity index (χ1v) is 11.8. The van der Waals surface area contributed by atoms with E-state index in [0.29, 0.717) is 32.3 Å². The van der Waals surface area contributed by atoms with Crippen molar-refractivity contribution in [2.75, 3.05) is 10.7 Å². The minimum absolute atomic E-state index is 0.0931. The summed E-state index contributed by atoms with van der Waals surface area (Å²) in [6.45, 7) is 2.01. The van der Waals surface area contributed by atoms with Gasteiger partial charge in [0.15, 0.2) is 10.9 Å². The second-order valence-electron chi connectivity index (χ2n) is 7.64. The minimum Gasteiger partial charge on any atom is -0.267 e. The van der Waals surface area contributed by atoms with Gasteiger partial charge in [0, 0.05) is 16.2 Å². The Balaban J connectivity index is 1.73. The number of halogens is 1. The van der Waals surface area contributed by atoms with Gasteiger partial charge in [0.1, 0.15) is 0 Å². The topological polar surface area (TPSA) is 67.6 Å². The summed E-state index contributed by atoms with van der Waals surface area (Å²) < 4.78 is 1.28. The molecule has 0 fully saturated rings. The maximum atomic E-state index is 14.1. The number of rotatable bonds is 3. The quantitative estimate of drug-likeness (QED) is 0.410. The molecule has 0 aliphatic carbocycles. The van der Waals surface area contributed by atoms with Gasteiger partial charge in [-0.3, -0.25) is 19.5 Å². The lowest BCUT2D eigenvalue weighted by Gasteiger charge is -2.22. The Morgan fingerprint density at radius 3 is 2.33 bits per heavy atom. The third-order valence-corrected chi connectivity index (χ3v) is 6.72. The average molecular weight is 475 g/mol. The first-order valence-electron chi connectivity index (χ1n) is 10.4. The van der Waals surface area contributed by atoms with Crippen LogP contribution in [0.3, 0.4) is 0 Å². The Labute approximate surface area is 199 Å². The lowest BCUT2D eigenvalue weighted by Crippen LogP contribution is -2.37. The van der Waals surface area contributed by atoms with E-state index in [1.807, 2.05) is 25.1 Å². The van der Waals surface area contributed by atoms with Crippen molar-refractivity contribution < 1.29 is 4.79 Å². The number of aromatic nitrogens is 2.